The maximum atomic E-state index is 13.1. The first-order valence-electron chi connectivity index (χ1n) is 9.42. The number of hydrogen-bond donors (Lipinski definition) is 2. The average molecular weight is 480 g/mol. The molecule has 3 aromatic rings. The lowest BCUT2D eigenvalue weighted by atomic mass is 9.94. The van der Waals surface area contributed by atoms with E-state index in [1.165, 1.54) is 18.1 Å². The lowest BCUT2D eigenvalue weighted by molar-refractivity contribution is -0.132. The molecule has 1 saturated heterocycles. The van der Waals surface area contributed by atoms with Crippen molar-refractivity contribution in [3.63, 3.8) is 0 Å². The molecule has 31 heavy (non-hydrogen) atoms. The number of methoxy groups -OCH3 is 1. The number of ketones is 1. The number of para-hydroxylation sites is 3. The number of Topliss-reactive ketones (excluding diaryl/α,β-unsaturated/α-hetero) is 1. The van der Waals surface area contributed by atoms with Gasteiger partial charge in [0, 0.05) is 15.6 Å². The summed E-state index contributed by atoms with van der Waals surface area (Å²) in [5.41, 5.74) is 0.972. The SMILES string of the molecule is COc1ccccc1C1/C(=C(\O)c2ccc(Br)cc2)C(=O)C(=O)N1c1ccccc1O. The molecule has 1 fully saturated rings. The molecule has 0 aromatic heterocycles. The van der Waals surface area contributed by atoms with Gasteiger partial charge >= 0.3 is 0 Å². The van der Waals surface area contributed by atoms with Crippen LogP contribution < -0.4 is 9.64 Å². The molecule has 156 valence electrons. The number of aromatic hydroxyl groups is 1. The number of phenols is 1. The fraction of sp³-hybridized carbons (Fsp3) is 0.0833. The number of halogens is 1. The highest BCUT2D eigenvalue weighted by Gasteiger charge is 2.48. The first-order valence-corrected chi connectivity index (χ1v) is 10.2. The summed E-state index contributed by atoms with van der Waals surface area (Å²) >= 11 is 3.34. The van der Waals surface area contributed by atoms with Crippen molar-refractivity contribution in [2.45, 2.75) is 6.04 Å². The molecule has 7 heteroatoms. The van der Waals surface area contributed by atoms with E-state index in [1.54, 1.807) is 66.7 Å². The van der Waals surface area contributed by atoms with E-state index < -0.39 is 17.7 Å². The predicted octanol–water partition coefficient (Wildman–Crippen LogP) is 4.79. The van der Waals surface area contributed by atoms with Gasteiger partial charge in [0.1, 0.15) is 17.3 Å². The van der Waals surface area contributed by atoms with Crippen molar-refractivity contribution < 1.29 is 24.5 Å². The number of phenolic OH excluding ortho intramolecular Hbond substituents is 1. The number of carbonyl (C=O) groups excluding carboxylic acids is 2. The van der Waals surface area contributed by atoms with Gasteiger partial charge in [0.15, 0.2) is 0 Å². The summed E-state index contributed by atoms with van der Waals surface area (Å²) in [5, 5.41) is 21.5. The number of aliphatic hydroxyl groups excluding tert-OH is 1. The van der Waals surface area contributed by atoms with E-state index in [9.17, 15) is 19.8 Å². The van der Waals surface area contributed by atoms with E-state index >= 15 is 0 Å². The van der Waals surface area contributed by atoms with Crippen LogP contribution in [-0.2, 0) is 9.59 Å². The van der Waals surface area contributed by atoms with Crippen molar-refractivity contribution in [2.24, 2.45) is 0 Å². The van der Waals surface area contributed by atoms with Gasteiger partial charge < -0.3 is 14.9 Å². The number of aliphatic hydroxyl groups is 1. The average Bonchev–Trinajstić information content (AvgIpc) is 3.04. The highest BCUT2D eigenvalue weighted by atomic mass is 79.9. The highest BCUT2D eigenvalue weighted by Crippen LogP contribution is 2.46. The zero-order valence-electron chi connectivity index (χ0n) is 16.4. The summed E-state index contributed by atoms with van der Waals surface area (Å²) in [6.07, 6.45) is 0. The second-order valence-corrected chi connectivity index (χ2v) is 7.82. The van der Waals surface area contributed by atoms with E-state index in [0.717, 1.165) is 4.47 Å². The molecule has 0 aliphatic carbocycles. The molecule has 4 rings (SSSR count). The standard InChI is InChI=1S/C24H18BrNO5/c1-31-19-9-5-2-6-16(19)21-20(22(28)14-10-12-15(25)13-11-14)23(29)24(30)26(21)17-7-3-4-8-18(17)27/h2-13,21,27-28H,1H3/b22-20+. The van der Waals surface area contributed by atoms with Gasteiger partial charge in [-0.05, 0) is 30.3 Å². The van der Waals surface area contributed by atoms with E-state index in [4.69, 9.17) is 4.74 Å². The van der Waals surface area contributed by atoms with Crippen LogP contribution in [0, 0.1) is 0 Å². The monoisotopic (exact) mass is 479 g/mol. The molecule has 0 radical (unpaired) electrons. The van der Waals surface area contributed by atoms with E-state index in [2.05, 4.69) is 15.9 Å². The molecular weight excluding hydrogens is 462 g/mol. The van der Waals surface area contributed by atoms with Crippen LogP contribution in [0.2, 0.25) is 0 Å². The summed E-state index contributed by atoms with van der Waals surface area (Å²) < 4.78 is 6.28. The molecule has 1 heterocycles. The van der Waals surface area contributed by atoms with Crippen molar-refractivity contribution in [3.8, 4) is 11.5 Å². The molecule has 1 atom stereocenters. The Balaban J connectivity index is 2.00. The molecule has 1 aliphatic rings. The van der Waals surface area contributed by atoms with Crippen LogP contribution >= 0.6 is 15.9 Å². The number of amides is 1. The summed E-state index contributed by atoms with van der Waals surface area (Å²) in [4.78, 5) is 27.4. The maximum Gasteiger partial charge on any atom is 0.300 e. The van der Waals surface area contributed by atoms with Crippen molar-refractivity contribution in [3.05, 3.63) is 94.0 Å². The number of anilines is 1. The Hall–Kier alpha value is -3.58. The number of nitrogens with zero attached hydrogens (tertiary/aromatic N) is 1. The zero-order valence-corrected chi connectivity index (χ0v) is 18.0. The van der Waals surface area contributed by atoms with Gasteiger partial charge in [0.05, 0.1) is 24.4 Å². The Morgan fingerprint density at radius 3 is 2.29 bits per heavy atom. The van der Waals surface area contributed by atoms with Gasteiger partial charge in [0.2, 0.25) is 0 Å². The minimum atomic E-state index is -0.993. The Bertz CT molecular complexity index is 1200. The number of rotatable bonds is 4. The summed E-state index contributed by atoms with van der Waals surface area (Å²) in [6, 6.07) is 19.0. The quantitative estimate of drug-likeness (QED) is 0.319. The lowest BCUT2D eigenvalue weighted by Crippen LogP contribution is -2.29. The smallest absolute Gasteiger partial charge is 0.300 e. The normalized spacial score (nSPS) is 17.7. The highest BCUT2D eigenvalue weighted by molar-refractivity contribution is 9.10. The van der Waals surface area contributed by atoms with Gasteiger partial charge in [-0.2, -0.15) is 0 Å². The third kappa shape index (κ3) is 3.57. The second-order valence-electron chi connectivity index (χ2n) is 6.91. The second kappa shape index (κ2) is 8.28. The van der Waals surface area contributed by atoms with E-state index in [0.29, 0.717) is 16.9 Å². The van der Waals surface area contributed by atoms with Crippen LogP contribution in [0.15, 0.2) is 82.8 Å². The van der Waals surface area contributed by atoms with Crippen molar-refractivity contribution in [1.82, 2.24) is 0 Å². The van der Waals surface area contributed by atoms with Crippen molar-refractivity contribution in [2.75, 3.05) is 12.0 Å². The van der Waals surface area contributed by atoms with Crippen LogP contribution in [0.3, 0.4) is 0 Å². The third-order valence-corrected chi connectivity index (χ3v) is 5.67. The minimum absolute atomic E-state index is 0.0833. The molecule has 3 aromatic carbocycles. The van der Waals surface area contributed by atoms with Crippen LogP contribution in [0.25, 0.3) is 5.76 Å². The fourth-order valence-corrected chi connectivity index (χ4v) is 3.96. The zero-order chi connectivity index (χ0) is 22.1. The van der Waals surface area contributed by atoms with Crippen LogP contribution in [-0.4, -0.2) is 29.0 Å². The topological polar surface area (TPSA) is 87.1 Å². The fourth-order valence-electron chi connectivity index (χ4n) is 3.70. The molecule has 1 aliphatic heterocycles. The lowest BCUT2D eigenvalue weighted by Gasteiger charge is -2.27. The Morgan fingerprint density at radius 2 is 1.61 bits per heavy atom. The van der Waals surface area contributed by atoms with Crippen LogP contribution in [0.1, 0.15) is 17.2 Å². The summed E-state index contributed by atoms with van der Waals surface area (Å²) in [5.74, 6) is -1.72. The maximum absolute atomic E-state index is 13.1. The number of carbonyl (C=O) groups is 2. The number of ether oxygens (including phenoxy) is 1. The molecule has 2 N–H and O–H groups in total. The van der Waals surface area contributed by atoms with Crippen molar-refractivity contribution in [1.29, 1.82) is 0 Å². The van der Waals surface area contributed by atoms with Crippen molar-refractivity contribution >= 4 is 39.1 Å². The first kappa shape index (κ1) is 20.7. The molecule has 6 nitrogen and oxygen atoms in total. The molecule has 0 spiro atoms. The van der Waals surface area contributed by atoms with Gasteiger partial charge in [0.25, 0.3) is 11.7 Å². The molecular formula is C24H18BrNO5. The third-order valence-electron chi connectivity index (χ3n) is 5.14. The van der Waals surface area contributed by atoms with E-state index in [-0.39, 0.29) is 22.8 Å². The first-order chi connectivity index (χ1) is 14.9. The van der Waals surface area contributed by atoms with Gasteiger partial charge in [-0.1, -0.05) is 58.4 Å². The van der Waals surface area contributed by atoms with Crippen LogP contribution in [0.5, 0.6) is 11.5 Å². The van der Waals surface area contributed by atoms with Gasteiger partial charge in [-0.15, -0.1) is 0 Å². The van der Waals surface area contributed by atoms with E-state index in [1.807, 2.05) is 0 Å². The van der Waals surface area contributed by atoms with Gasteiger partial charge in [-0.3, -0.25) is 14.5 Å². The Labute approximate surface area is 187 Å². The number of hydrogen-bond acceptors (Lipinski definition) is 5. The Kier molecular flexibility index (Phi) is 5.52. The number of benzene rings is 3. The molecule has 0 bridgehead atoms. The molecule has 1 unspecified atom stereocenters. The summed E-state index contributed by atoms with van der Waals surface area (Å²) in [6.45, 7) is 0. The molecule has 0 saturated carbocycles. The van der Waals surface area contributed by atoms with Crippen LogP contribution in [0.4, 0.5) is 5.69 Å². The largest absolute Gasteiger partial charge is 0.507 e. The minimum Gasteiger partial charge on any atom is -0.507 e. The Morgan fingerprint density at radius 1 is 0.968 bits per heavy atom. The van der Waals surface area contributed by atoms with Gasteiger partial charge in [-0.25, -0.2) is 0 Å². The predicted molar refractivity (Wildman–Crippen MR) is 120 cm³/mol. The molecule has 1 amide bonds. The summed E-state index contributed by atoms with van der Waals surface area (Å²) in [7, 11) is 1.49.